The number of aromatic nitrogens is 2. The monoisotopic (exact) mass is 365 g/mol. The number of carbonyl (C=O) groups is 2. The highest BCUT2D eigenvalue weighted by Crippen LogP contribution is 1.96. The second kappa shape index (κ2) is 13.5. The van der Waals surface area contributed by atoms with Crippen LogP contribution in [0.5, 0.6) is 0 Å². The first-order valence-electron chi connectivity index (χ1n) is 7.55. The number of nitrogens with zero attached hydrogens (tertiary/aromatic N) is 2. The van der Waals surface area contributed by atoms with Crippen molar-refractivity contribution in [2.45, 2.75) is 48.7 Å². The van der Waals surface area contributed by atoms with Crippen LogP contribution >= 0.6 is 0 Å². The molecule has 0 fully saturated rings. The molecule has 2 heterocycles. The van der Waals surface area contributed by atoms with Crippen molar-refractivity contribution in [2.75, 3.05) is 0 Å². The van der Waals surface area contributed by atoms with E-state index in [0.29, 0.717) is 0 Å². The van der Waals surface area contributed by atoms with Gasteiger partial charge >= 0.3 is 11.9 Å². The number of hydrogen-bond donors (Lipinski definition) is 2. The molecule has 0 saturated carbocycles. The van der Waals surface area contributed by atoms with E-state index >= 15 is 0 Å². The number of pyridine rings is 2. The molecule has 0 amide bonds. The molecule has 26 heavy (non-hydrogen) atoms. The number of ether oxygens (including phenoxy) is 1. The molecule has 7 heteroatoms. The average molecular weight is 365 g/mol. The molecule has 0 atom stereocenters. The molecule has 2 aromatic heterocycles. The fraction of sp³-hybridized carbons (Fsp3) is 0.368. The largest absolute Gasteiger partial charge is 0.394 e. The van der Waals surface area contributed by atoms with Gasteiger partial charge in [0.1, 0.15) is 0 Å². The minimum atomic E-state index is -0.562. The van der Waals surface area contributed by atoms with Crippen LogP contribution in [-0.2, 0) is 20.9 Å². The lowest BCUT2D eigenvalue weighted by Gasteiger charge is -1.93. The van der Waals surface area contributed by atoms with Crippen LogP contribution in [0, 0.1) is 20.8 Å². The summed E-state index contributed by atoms with van der Waals surface area (Å²) in [4.78, 5) is 23.6. The zero-order valence-corrected chi connectivity index (χ0v) is 15.2. The minimum Gasteiger partial charge on any atom is -0.394 e. The SMILES string of the molecule is C.CC(=O)OC(C)=O.Cc1ccc(C)[n+](O)c1.Cc1ccc(CO)nc1. The lowest BCUT2D eigenvalue weighted by atomic mass is 10.3. The third-order valence-electron chi connectivity index (χ3n) is 2.70. The number of aliphatic hydroxyl groups is 1. The van der Waals surface area contributed by atoms with E-state index < -0.39 is 11.9 Å². The Kier molecular flexibility index (Phi) is 13.2. The molecule has 2 aromatic rings. The van der Waals surface area contributed by atoms with Crippen molar-refractivity contribution in [3.63, 3.8) is 0 Å². The van der Waals surface area contributed by atoms with Gasteiger partial charge in [0.25, 0.3) is 0 Å². The Balaban J connectivity index is 0. The molecule has 0 aliphatic rings. The van der Waals surface area contributed by atoms with Crippen LogP contribution in [0.15, 0.2) is 36.7 Å². The molecule has 7 nitrogen and oxygen atoms in total. The Hall–Kier alpha value is -2.80. The molecule has 0 saturated heterocycles. The fourth-order valence-corrected chi connectivity index (χ4v) is 1.46. The molecule has 2 rings (SSSR count). The van der Waals surface area contributed by atoms with Gasteiger partial charge in [-0.05, 0) is 31.5 Å². The van der Waals surface area contributed by atoms with Gasteiger partial charge in [-0.3, -0.25) is 19.8 Å². The molecular formula is C19H29N2O5+. The predicted molar refractivity (Wildman–Crippen MR) is 97.4 cm³/mol. The maximum atomic E-state index is 9.81. The van der Waals surface area contributed by atoms with Crippen LogP contribution < -0.4 is 4.73 Å². The highest BCUT2D eigenvalue weighted by Gasteiger charge is 2.00. The van der Waals surface area contributed by atoms with Gasteiger partial charge in [0, 0.05) is 43.3 Å². The summed E-state index contributed by atoms with van der Waals surface area (Å²) in [5.41, 5.74) is 3.75. The summed E-state index contributed by atoms with van der Waals surface area (Å²) < 4.78 is 5.09. The number of aryl methyl sites for hydroxylation is 3. The summed E-state index contributed by atoms with van der Waals surface area (Å²) in [5.74, 6) is -1.12. The molecule has 2 N–H and O–H groups in total. The molecule has 0 aliphatic carbocycles. The van der Waals surface area contributed by atoms with E-state index in [9.17, 15) is 9.59 Å². The first-order valence-corrected chi connectivity index (χ1v) is 7.55. The van der Waals surface area contributed by atoms with Crippen LogP contribution in [0.4, 0.5) is 0 Å². The van der Waals surface area contributed by atoms with E-state index in [1.54, 1.807) is 12.4 Å². The van der Waals surface area contributed by atoms with E-state index in [1.807, 2.05) is 45.0 Å². The molecule has 144 valence electrons. The maximum absolute atomic E-state index is 9.81. The number of rotatable bonds is 1. The van der Waals surface area contributed by atoms with Crippen molar-refractivity contribution in [3.05, 3.63) is 59.2 Å². The standard InChI is InChI=1S/C7H10NO.C7H9NO.C4H6O3.CH4/c1-6-3-4-7(2)8(9)5-6;1-6-2-3-7(5-9)8-4-6;1-3(5)7-4(2)6;/h3-5,9H,1-2H3;2-4,9H,5H2,1H3;1-2H3;1H4/q+1;;;. The second-order valence-corrected chi connectivity index (χ2v) is 5.26. The van der Waals surface area contributed by atoms with Gasteiger partial charge in [-0.1, -0.05) is 13.5 Å². The van der Waals surface area contributed by atoms with Gasteiger partial charge < -0.3 is 9.84 Å². The smallest absolute Gasteiger partial charge is 0.310 e. The van der Waals surface area contributed by atoms with Crippen molar-refractivity contribution in [2.24, 2.45) is 0 Å². The lowest BCUT2D eigenvalue weighted by molar-refractivity contribution is -0.909. The number of carbonyl (C=O) groups excluding carboxylic acids is 2. The van der Waals surface area contributed by atoms with Gasteiger partial charge in [-0.2, -0.15) is 0 Å². The Morgan fingerprint density at radius 1 is 1.04 bits per heavy atom. The third kappa shape index (κ3) is 12.6. The van der Waals surface area contributed by atoms with Gasteiger partial charge in [0.15, 0.2) is 0 Å². The summed E-state index contributed by atoms with van der Waals surface area (Å²) in [6.07, 6.45) is 3.42. The quantitative estimate of drug-likeness (QED) is 0.348. The van der Waals surface area contributed by atoms with Crippen molar-refractivity contribution in [1.29, 1.82) is 0 Å². The summed E-state index contributed by atoms with van der Waals surface area (Å²) >= 11 is 0. The zero-order valence-electron chi connectivity index (χ0n) is 15.2. The first kappa shape index (κ1) is 25.4. The molecule has 0 bridgehead atoms. The fourth-order valence-electron chi connectivity index (χ4n) is 1.46. The summed E-state index contributed by atoms with van der Waals surface area (Å²) in [5, 5.41) is 17.6. The van der Waals surface area contributed by atoms with Crippen molar-refractivity contribution >= 4 is 11.9 Å². The highest BCUT2D eigenvalue weighted by atomic mass is 16.6. The average Bonchev–Trinajstić information content (AvgIpc) is 2.52. The molecule has 0 spiro atoms. The Morgan fingerprint density at radius 3 is 1.88 bits per heavy atom. The van der Waals surface area contributed by atoms with Crippen molar-refractivity contribution in [3.8, 4) is 0 Å². The van der Waals surface area contributed by atoms with Gasteiger partial charge in [0.2, 0.25) is 11.9 Å². The Morgan fingerprint density at radius 2 is 1.58 bits per heavy atom. The van der Waals surface area contributed by atoms with E-state index in [-0.39, 0.29) is 14.0 Å². The van der Waals surface area contributed by atoms with Crippen LogP contribution in [0.2, 0.25) is 0 Å². The summed E-state index contributed by atoms with van der Waals surface area (Å²) in [7, 11) is 0. The number of hydrogen-bond acceptors (Lipinski definition) is 6. The van der Waals surface area contributed by atoms with Crippen LogP contribution in [0.1, 0.15) is 43.8 Å². The van der Waals surface area contributed by atoms with Crippen molar-refractivity contribution in [1.82, 2.24) is 4.98 Å². The summed E-state index contributed by atoms with van der Waals surface area (Å²) in [6.45, 7) is 8.14. The van der Waals surface area contributed by atoms with E-state index in [4.69, 9.17) is 10.3 Å². The Labute approximate surface area is 154 Å². The minimum absolute atomic E-state index is 0. The maximum Gasteiger partial charge on any atom is 0.310 e. The van der Waals surface area contributed by atoms with Gasteiger partial charge in [-0.25, -0.2) is 0 Å². The van der Waals surface area contributed by atoms with Crippen LogP contribution in [-0.4, -0.2) is 27.2 Å². The molecule has 0 radical (unpaired) electrons. The molecule has 0 unspecified atom stereocenters. The normalized spacial score (nSPS) is 8.69. The highest BCUT2D eigenvalue weighted by molar-refractivity contribution is 5.82. The Bertz CT molecular complexity index is 673. The van der Waals surface area contributed by atoms with Gasteiger partial charge in [0.05, 0.1) is 12.3 Å². The first-order chi connectivity index (χ1) is 11.6. The zero-order chi connectivity index (χ0) is 19.4. The van der Waals surface area contributed by atoms with E-state index in [0.717, 1.165) is 27.2 Å². The van der Waals surface area contributed by atoms with Crippen LogP contribution in [0.25, 0.3) is 0 Å². The lowest BCUT2D eigenvalue weighted by Crippen LogP contribution is -2.33. The van der Waals surface area contributed by atoms with E-state index in [2.05, 4.69) is 9.72 Å². The number of esters is 2. The molecular weight excluding hydrogens is 336 g/mol. The molecule has 0 aromatic carbocycles. The number of aliphatic hydroxyl groups excluding tert-OH is 1. The van der Waals surface area contributed by atoms with Gasteiger partial charge in [-0.15, -0.1) is 0 Å². The van der Waals surface area contributed by atoms with E-state index in [1.165, 1.54) is 13.8 Å². The van der Waals surface area contributed by atoms with Crippen molar-refractivity contribution < 1.29 is 29.4 Å². The predicted octanol–water partition coefficient (Wildman–Crippen LogP) is 2.44. The molecule has 0 aliphatic heterocycles. The summed E-state index contributed by atoms with van der Waals surface area (Å²) in [6, 6.07) is 7.57. The van der Waals surface area contributed by atoms with Crippen LogP contribution in [0.3, 0.4) is 0 Å². The topological polar surface area (TPSA) is 101 Å². The third-order valence-corrected chi connectivity index (χ3v) is 2.70. The second-order valence-electron chi connectivity index (χ2n) is 5.26.